The molecule has 0 N–H and O–H groups in total. The van der Waals surface area contributed by atoms with E-state index >= 15 is 0 Å². The van der Waals surface area contributed by atoms with Crippen LogP contribution in [0.5, 0.6) is 0 Å². The summed E-state index contributed by atoms with van der Waals surface area (Å²) >= 11 is 0. The van der Waals surface area contributed by atoms with Crippen LogP contribution >= 0.6 is 0 Å². The lowest BCUT2D eigenvalue weighted by Gasteiger charge is -2.07. The van der Waals surface area contributed by atoms with Crippen molar-refractivity contribution in [1.29, 1.82) is 0 Å². The second-order valence-electron chi connectivity index (χ2n) is 3.39. The molecule has 0 heterocycles. The summed E-state index contributed by atoms with van der Waals surface area (Å²) in [4.78, 5) is 0. The molecule has 0 atom stereocenters. The van der Waals surface area contributed by atoms with Crippen LogP contribution in [0.3, 0.4) is 0 Å². The molecular formula is C14H18. The Labute approximate surface area is 87.0 Å². The van der Waals surface area contributed by atoms with Crippen LogP contribution in [0.4, 0.5) is 0 Å². The minimum Gasteiger partial charge on any atom is -0.0991 e. The van der Waals surface area contributed by atoms with E-state index in [1.165, 1.54) is 31.3 Å². The predicted molar refractivity (Wildman–Crippen MR) is 64.2 cm³/mol. The third-order valence-corrected chi connectivity index (χ3v) is 2.22. The fraction of sp³-hybridized carbons (Fsp3) is 0.286. The molecule has 1 rings (SSSR count). The maximum atomic E-state index is 3.60. The highest BCUT2D eigenvalue weighted by molar-refractivity contribution is 5.24. The molecular weight excluding hydrogens is 168 g/mol. The highest BCUT2D eigenvalue weighted by atomic mass is 14.0. The van der Waals surface area contributed by atoms with Gasteiger partial charge in [0.2, 0.25) is 0 Å². The zero-order valence-electron chi connectivity index (χ0n) is 8.65. The molecule has 0 saturated carbocycles. The van der Waals surface area contributed by atoms with Crippen LogP contribution < -0.4 is 0 Å². The van der Waals surface area contributed by atoms with Crippen LogP contribution in [0.25, 0.3) is 0 Å². The van der Waals surface area contributed by atoms with E-state index in [1.54, 1.807) is 6.08 Å². The van der Waals surface area contributed by atoms with Crippen molar-refractivity contribution in [3.63, 3.8) is 0 Å². The third kappa shape index (κ3) is 4.66. The molecule has 1 aliphatic rings. The van der Waals surface area contributed by atoms with Crippen LogP contribution in [0, 0.1) is 0 Å². The first-order valence-electron chi connectivity index (χ1n) is 5.25. The first-order chi connectivity index (χ1) is 6.93. The monoisotopic (exact) mass is 186 g/mol. The summed E-state index contributed by atoms with van der Waals surface area (Å²) in [5.41, 5.74) is 1.48. The Kier molecular flexibility index (Phi) is 5.49. The van der Waals surface area contributed by atoms with E-state index in [1.807, 2.05) is 18.2 Å². The van der Waals surface area contributed by atoms with Crippen molar-refractivity contribution >= 4 is 0 Å². The van der Waals surface area contributed by atoms with Crippen LogP contribution in [-0.4, -0.2) is 0 Å². The Morgan fingerprint density at radius 3 is 2.50 bits per heavy atom. The minimum atomic E-state index is 1.24. The van der Waals surface area contributed by atoms with E-state index in [-0.39, 0.29) is 0 Å². The number of allylic oxidation sites excluding steroid dienone is 9. The molecule has 0 radical (unpaired) electrons. The summed E-state index contributed by atoms with van der Waals surface area (Å²) in [5, 5.41) is 0. The molecule has 0 saturated heterocycles. The van der Waals surface area contributed by atoms with Gasteiger partial charge in [0.25, 0.3) is 0 Å². The van der Waals surface area contributed by atoms with Gasteiger partial charge in [-0.1, -0.05) is 60.8 Å². The fourth-order valence-corrected chi connectivity index (χ4v) is 1.46. The Morgan fingerprint density at radius 1 is 1.00 bits per heavy atom. The van der Waals surface area contributed by atoms with Gasteiger partial charge in [-0.05, 0) is 25.7 Å². The third-order valence-electron chi connectivity index (χ3n) is 2.22. The molecule has 1 aliphatic carbocycles. The van der Waals surface area contributed by atoms with Gasteiger partial charge in [0.05, 0.1) is 0 Å². The standard InChI is InChI=1S/C14H18/c1-2-3-4-5-6-8-11-14-12-9-7-10-13-14/h2-6,8,11-12H,1,7,9-10,13H2/b4-3+,6-5+,11-8+. The molecule has 0 aliphatic heterocycles. The highest BCUT2D eigenvalue weighted by Crippen LogP contribution is 2.17. The van der Waals surface area contributed by atoms with Crippen LogP contribution in [0.1, 0.15) is 25.7 Å². The van der Waals surface area contributed by atoms with Gasteiger partial charge in [0, 0.05) is 0 Å². The molecule has 74 valence electrons. The summed E-state index contributed by atoms with van der Waals surface area (Å²) in [6.45, 7) is 3.60. The van der Waals surface area contributed by atoms with Crippen LogP contribution in [0.2, 0.25) is 0 Å². The number of rotatable bonds is 4. The topological polar surface area (TPSA) is 0 Å². The normalized spacial score (nSPS) is 18.1. The van der Waals surface area contributed by atoms with Crippen LogP contribution in [-0.2, 0) is 0 Å². The zero-order valence-corrected chi connectivity index (χ0v) is 8.65. The average Bonchev–Trinajstić information content (AvgIpc) is 2.25. The summed E-state index contributed by atoms with van der Waals surface area (Å²) in [5.74, 6) is 0. The lowest BCUT2D eigenvalue weighted by molar-refractivity contribution is 0.712. The predicted octanol–water partition coefficient (Wildman–Crippen LogP) is 4.34. The van der Waals surface area contributed by atoms with Gasteiger partial charge in [-0.2, -0.15) is 0 Å². The summed E-state index contributed by atoms with van der Waals surface area (Å²) in [7, 11) is 0. The molecule has 0 heteroatoms. The van der Waals surface area contributed by atoms with E-state index in [2.05, 4.69) is 30.9 Å². The van der Waals surface area contributed by atoms with Crippen molar-refractivity contribution in [2.75, 3.05) is 0 Å². The maximum absolute atomic E-state index is 3.60. The van der Waals surface area contributed by atoms with E-state index in [4.69, 9.17) is 0 Å². The summed E-state index contributed by atoms with van der Waals surface area (Å²) in [6.07, 6.45) is 21.6. The molecule has 0 amide bonds. The van der Waals surface area contributed by atoms with Crippen molar-refractivity contribution in [3.05, 3.63) is 60.8 Å². The van der Waals surface area contributed by atoms with Gasteiger partial charge in [-0.25, -0.2) is 0 Å². The second-order valence-corrected chi connectivity index (χ2v) is 3.39. The van der Waals surface area contributed by atoms with Crippen molar-refractivity contribution < 1.29 is 0 Å². The summed E-state index contributed by atoms with van der Waals surface area (Å²) < 4.78 is 0. The molecule has 0 unspecified atom stereocenters. The quantitative estimate of drug-likeness (QED) is 0.573. The van der Waals surface area contributed by atoms with Crippen molar-refractivity contribution in [2.24, 2.45) is 0 Å². The van der Waals surface area contributed by atoms with Gasteiger partial charge in [0.1, 0.15) is 0 Å². The van der Waals surface area contributed by atoms with Crippen LogP contribution in [0.15, 0.2) is 60.8 Å². The lowest BCUT2D eigenvalue weighted by atomic mass is 9.99. The minimum absolute atomic E-state index is 1.24. The first-order valence-corrected chi connectivity index (χ1v) is 5.25. The van der Waals surface area contributed by atoms with E-state index < -0.39 is 0 Å². The molecule has 0 bridgehead atoms. The van der Waals surface area contributed by atoms with E-state index in [0.29, 0.717) is 0 Å². The highest BCUT2D eigenvalue weighted by Gasteiger charge is 1.98. The van der Waals surface area contributed by atoms with Gasteiger partial charge in [0.15, 0.2) is 0 Å². The zero-order chi connectivity index (χ0) is 10.1. The molecule has 0 aromatic carbocycles. The maximum Gasteiger partial charge on any atom is -0.0282 e. The number of hydrogen-bond donors (Lipinski definition) is 0. The SMILES string of the molecule is C=C/C=C/C=C/C=C/C1=CCCCC1. The van der Waals surface area contributed by atoms with Crippen molar-refractivity contribution in [2.45, 2.75) is 25.7 Å². The Hall–Kier alpha value is -1.30. The van der Waals surface area contributed by atoms with Gasteiger partial charge in [-0.3, -0.25) is 0 Å². The molecule has 14 heavy (non-hydrogen) atoms. The first kappa shape index (κ1) is 10.8. The van der Waals surface area contributed by atoms with Gasteiger partial charge in [-0.15, -0.1) is 0 Å². The number of hydrogen-bond acceptors (Lipinski definition) is 0. The smallest absolute Gasteiger partial charge is 0.0282 e. The van der Waals surface area contributed by atoms with Crippen molar-refractivity contribution in [3.8, 4) is 0 Å². The van der Waals surface area contributed by atoms with Gasteiger partial charge >= 0.3 is 0 Å². The van der Waals surface area contributed by atoms with Crippen molar-refractivity contribution in [1.82, 2.24) is 0 Å². The Bertz CT molecular complexity index is 274. The summed E-state index contributed by atoms with van der Waals surface area (Å²) in [6, 6.07) is 0. The Balaban J connectivity index is 2.32. The largest absolute Gasteiger partial charge is 0.0991 e. The lowest BCUT2D eigenvalue weighted by Crippen LogP contribution is -1.87. The van der Waals surface area contributed by atoms with Gasteiger partial charge < -0.3 is 0 Å². The van der Waals surface area contributed by atoms with E-state index in [0.717, 1.165) is 0 Å². The average molecular weight is 186 g/mol. The second kappa shape index (κ2) is 7.14. The molecule has 0 spiro atoms. The molecule has 0 aromatic rings. The van der Waals surface area contributed by atoms with E-state index in [9.17, 15) is 0 Å². The molecule has 0 nitrogen and oxygen atoms in total. The Morgan fingerprint density at radius 2 is 1.79 bits per heavy atom. The molecule has 0 fully saturated rings. The fourth-order valence-electron chi connectivity index (χ4n) is 1.46. The molecule has 0 aromatic heterocycles.